The largest absolute Gasteiger partial charge is 0.416 e. The van der Waals surface area contributed by atoms with Crippen molar-refractivity contribution in [3.05, 3.63) is 35.4 Å². The van der Waals surface area contributed by atoms with Crippen LogP contribution in [0.1, 0.15) is 24.5 Å². The zero-order valence-electron chi connectivity index (χ0n) is 15.5. The van der Waals surface area contributed by atoms with Gasteiger partial charge in [0.25, 0.3) is 0 Å². The summed E-state index contributed by atoms with van der Waals surface area (Å²) in [6.45, 7) is 7.43. The minimum atomic E-state index is -4.30. The van der Waals surface area contributed by atoms with Crippen LogP contribution in [0.25, 0.3) is 0 Å². The summed E-state index contributed by atoms with van der Waals surface area (Å²) in [5.74, 6) is -0.0396. The molecule has 27 heavy (non-hydrogen) atoms. The van der Waals surface area contributed by atoms with Crippen molar-refractivity contribution in [1.82, 2.24) is 15.1 Å². The average molecular weight is 385 g/mol. The normalized spacial score (nSPS) is 24.9. The molecule has 1 aromatic rings. The van der Waals surface area contributed by atoms with Crippen LogP contribution in [-0.2, 0) is 22.3 Å². The standard InChI is InChI=1S/C19H26F3N3O2/c1-15(26)23-13-18(6-11-27-14-18)25-9-7-24(8-10-25)12-16-2-4-17(5-3-16)19(20,21)22/h2-5H,6-14H2,1H3,(H,23,26). The first-order valence-corrected chi connectivity index (χ1v) is 9.24. The van der Waals surface area contributed by atoms with E-state index in [0.717, 1.165) is 50.3 Å². The number of hydrogen-bond donors (Lipinski definition) is 1. The fraction of sp³-hybridized carbons (Fsp3) is 0.632. The van der Waals surface area contributed by atoms with Gasteiger partial charge in [0.1, 0.15) is 0 Å². The highest BCUT2D eigenvalue weighted by Gasteiger charge is 2.41. The van der Waals surface area contributed by atoms with E-state index >= 15 is 0 Å². The zero-order chi connectivity index (χ0) is 19.5. The number of nitrogens with one attached hydrogen (secondary N) is 1. The quantitative estimate of drug-likeness (QED) is 0.844. The van der Waals surface area contributed by atoms with E-state index in [1.807, 2.05) is 0 Å². The van der Waals surface area contributed by atoms with E-state index in [1.165, 1.54) is 6.92 Å². The van der Waals surface area contributed by atoms with Gasteiger partial charge in [-0.2, -0.15) is 13.2 Å². The Morgan fingerprint density at radius 1 is 1.19 bits per heavy atom. The van der Waals surface area contributed by atoms with Crippen LogP contribution in [0.15, 0.2) is 24.3 Å². The molecule has 1 amide bonds. The maximum Gasteiger partial charge on any atom is 0.416 e. The molecule has 8 heteroatoms. The molecule has 2 fully saturated rings. The number of ether oxygens (including phenoxy) is 1. The van der Waals surface area contributed by atoms with E-state index in [4.69, 9.17) is 4.74 Å². The van der Waals surface area contributed by atoms with Crippen molar-refractivity contribution >= 4 is 5.91 Å². The second-order valence-corrected chi connectivity index (χ2v) is 7.39. The molecule has 1 unspecified atom stereocenters. The van der Waals surface area contributed by atoms with Gasteiger partial charge in [-0.25, -0.2) is 0 Å². The topological polar surface area (TPSA) is 44.8 Å². The number of nitrogens with zero attached hydrogens (tertiary/aromatic N) is 2. The Hall–Kier alpha value is -1.64. The van der Waals surface area contributed by atoms with Gasteiger partial charge in [-0.1, -0.05) is 12.1 Å². The lowest BCUT2D eigenvalue weighted by molar-refractivity contribution is -0.137. The molecule has 1 aromatic carbocycles. The number of hydrogen-bond acceptors (Lipinski definition) is 4. The minimum Gasteiger partial charge on any atom is -0.379 e. The van der Waals surface area contributed by atoms with Crippen molar-refractivity contribution in [2.75, 3.05) is 45.9 Å². The molecule has 2 aliphatic rings. The SMILES string of the molecule is CC(=O)NCC1(N2CCN(Cc3ccc(C(F)(F)F)cc3)CC2)CCOC1. The first-order chi connectivity index (χ1) is 12.8. The van der Waals surface area contributed by atoms with Gasteiger partial charge >= 0.3 is 6.18 Å². The van der Waals surface area contributed by atoms with E-state index in [9.17, 15) is 18.0 Å². The van der Waals surface area contributed by atoms with Crippen LogP contribution in [0.5, 0.6) is 0 Å². The van der Waals surface area contributed by atoms with Crippen molar-refractivity contribution in [2.45, 2.75) is 31.6 Å². The van der Waals surface area contributed by atoms with E-state index in [2.05, 4.69) is 15.1 Å². The highest BCUT2D eigenvalue weighted by Crippen LogP contribution is 2.30. The van der Waals surface area contributed by atoms with Crippen molar-refractivity contribution in [2.24, 2.45) is 0 Å². The van der Waals surface area contributed by atoms with Gasteiger partial charge in [0.2, 0.25) is 5.91 Å². The number of carbonyl (C=O) groups is 1. The molecule has 0 bridgehead atoms. The van der Waals surface area contributed by atoms with Gasteiger partial charge in [-0.3, -0.25) is 14.6 Å². The number of rotatable bonds is 5. The van der Waals surface area contributed by atoms with Crippen LogP contribution >= 0.6 is 0 Å². The van der Waals surface area contributed by atoms with Crippen LogP contribution in [0.2, 0.25) is 0 Å². The Morgan fingerprint density at radius 2 is 1.85 bits per heavy atom. The third-order valence-electron chi connectivity index (χ3n) is 5.48. The molecule has 2 saturated heterocycles. The van der Waals surface area contributed by atoms with Gasteiger partial charge in [0, 0.05) is 52.8 Å². The summed E-state index contributed by atoms with van der Waals surface area (Å²) < 4.78 is 43.6. The molecule has 0 saturated carbocycles. The second-order valence-electron chi connectivity index (χ2n) is 7.39. The summed E-state index contributed by atoms with van der Waals surface area (Å²) in [4.78, 5) is 16.0. The monoisotopic (exact) mass is 385 g/mol. The molecule has 1 atom stereocenters. The molecule has 0 radical (unpaired) electrons. The maximum atomic E-state index is 12.7. The van der Waals surface area contributed by atoms with E-state index in [0.29, 0.717) is 26.3 Å². The van der Waals surface area contributed by atoms with E-state index in [-0.39, 0.29) is 11.4 Å². The lowest BCUT2D eigenvalue weighted by Crippen LogP contribution is -2.61. The number of carbonyl (C=O) groups excluding carboxylic acids is 1. The van der Waals surface area contributed by atoms with Gasteiger partial charge in [-0.05, 0) is 24.1 Å². The average Bonchev–Trinajstić information content (AvgIpc) is 3.10. The first-order valence-electron chi connectivity index (χ1n) is 9.24. The molecule has 150 valence electrons. The van der Waals surface area contributed by atoms with Crippen LogP contribution in [-0.4, -0.2) is 67.2 Å². The summed E-state index contributed by atoms with van der Waals surface area (Å²) in [5.41, 5.74) is 0.123. The minimum absolute atomic E-state index is 0.0396. The fourth-order valence-corrected chi connectivity index (χ4v) is 3.82. The molecule has 2 heterocycles. The summed E-state index contributed by atoms with van der Waals surface area (Å²) >= 11 is 0. The highest BCUT2D eigenvalue weighted by atomic mass is 19.4. The molecule has 5 nitrogen and oxygen atoms in total. The number of amides is 1. The lowest BCUT2D eigenvalue weighted by Gasteiger charge is -2.45. The Balaban J connectivity index is 1.54. The zero-order valence-corrected chi connectivity index (χ0v) is 15.5. The third kappa shape index (κ3) is 5.00. The summed E-state index contributed by atoms with van der Waals surface area (Å²) in [6.07, 6.45) is -3.40. The van der Waals surface area contributed by atoms with Crippen molar-refractivity contribution < 1.29 is 22.7 Å². The number of piperazine rings is 1. The number of halogens is 3. The molecule has 3 rings (SSSR count). The predicted molar refractivity (Wildman–Crippen MR) is 95.1 cm³/mol. The smallest absolute Gasteiger partial charge is 0.379 e. The van der Waals surface area contributed by atoms with Crippen LogP contribution in [0, 0.1) is 0 Å². The summed E-state index contributed by atoms with van der Waals surface area (Å²) in [7, 11) is 0. The Bertz CT molecular complexity index is 635. The lowest BCUT2D eigenvalue weighted by atomic mass is 9.94. The molecular formula is C19H26F3N3O2. The fourth-order valence-electron chi connectivity index (χ4n) is 3.82. The van der Waals surface area contributed by atoms with Gasteiger partial charge in [-0.15, -0.1) is 0 Å². The second kappa shape index (κ2) is 8.16. The van der Waals surface area contributed by atoms with Gasteiger partial charge < -0.3 is 10.1 Å². The molecule has 0 aromatic heterocycles. The summed E-state index contributed by atoms with van der Waals surface area (Å²) in [5, 5.41) is 2.93. The summed E-state index contributed by atoms with van der Waals surface area (Å²) in [6, 6.07) is 5.39. The van der Waals surface area contributed by atoms with Gasteiger partial charge in [0.15, 0.2) is 0 Å². The van der Waals surface area contributed by atoms with Crippen molar-refractivity contribution in [1.29, 1.82) is 0 Å². The van der Waals surface area contributed by atoms with E-state index < -0.39 is 11.7 Å². The van der Waals surface area contributed by atoms with Crippen LogP contribution in [0.3, 0.4) is 0 Å². The predicted octanol–water partition coefficient (Wildman–Crippen LogP) is 2.12. The molecule has 0 spiro atoms. The van der Waals surface area contributed by atoms with Gasteiger partial charge in [0.05, 0.1) is 17.7 Å². The molecule has 0 aliphatic carbocycles. The third-order valence-corrected chi connectivity index (χ3v) is 5.48. The van der Waals surface area contributed by atoms with Crippen LogP contribution < -0.4 is 5.32 Å². The first kappa shape index (κ1) is 20.1. The molecule has 1 N–H and O–H groups in total. The number of alkyl halides is 3. The highest BCUT2D eigenvalue weighted by molar-refractivity contribution is 5.72. The Kier molecular flexibility index (Phi) is 6.08. The van der Waals surface area contributed by atoms with E-state index in [1.54, 1.807) is 12.1 Å². The molecule has 2 aliphatic heterocycles. The molecular weight excluding hydrogens is 359 g/mol. The van der Waals surface area contributed by atoms with Crippen molar-refractivity contribution in [3.8, 4) is 0 Å². The Labute approximate surface area is 157 Å². The maximum absolute atomic E-state index is 12.7. The number of benzene rings is 1. The van der Waals surface area contributed by atoms with Crippen LogP contribution in [0.4, 0.5) is 13.2 Å². The van der Waals surface area contributed by atoms with Crippen molar-refractivity contribution in [3.63, 3.8) is 0 Å². The Morgan fingerprint density at radius 3 is 2.37 bits per heavy atom.